The average Bonchev–Trinajstić information content (AvgIpc) is 2.66. The molecule has 0 bridgehead atoms. The first-order chi connectivity index (χ1) is 7.78. The molecule has 0 amide bonds. The molecular formula is C11H12ClN3O. The second-order valence-electron chi connectivity index (χ2n) is 3.32. The zero-order valence-corrected chi connectivity index (χ0v) is 9.37. The SMILES string of the molecule is NCCc1coc(Nc2cccc(Cl)c2)n1. The first-order valence-electron chi connectivity index (χ1n) is 4.95. The molecule has 0 radical (unpaired) electrons. The van der Waals surface area contributed by atoms with Crippen molar-refractivity contribution in [2.24, 2.45) is 5.73 Å². The summed E-state index contributed by atoms with van der Waals surface area (Å²) in [6, 6.07) is 7.80. The molecule has 0 saturated carbocycles. The van der Waals surface area contributed by atoms with Crippen molar-refractivity contribution in [1.82, 2.24) is 4.98 Å². The van der Waals surface area contributed by atoms with Crippen molar-refractivity contribution in [3.63, 3.8) is 0 Å². The maximum atomic E-state index is 5.86. The number of hydrogen-bond acceptors (Lipinski definition) is 4. The molecule has 0 spiro atoms. The molecule has 2 rings (SSSR count). The van der Waals surface area contributed by atoms with Crippen LogP contribution in [0.5, 0.6) is 0 Å². The van der Waals surface area contributed by atoms with Crippen LogP contribution in [-0.4, -0.2) is 11.5 Å². The lowest BCUT2D eigenvalue weighted by Gasteiger charge is -2.00. The second kappa shape index (κ2) is 5.01. The normalized spacial score (nSPS) is 10.4. The van der Waals surface area contributed by atoms with Crippen molar-refractivity contribution in [2.75, 3.05) is 11.9 Å². The van der Waals surface area contributed by atoms with Crippen LogP contribution in [0, 0.1) is 0 Å². The number of rotatable bonds is 4. The van der Waals surface area contributed by atoms with Crippen LogP contribution < -0.4 is 11.1 Å². The third-order valence-electron chi connectivity index (χ3n) is 2.03. The molecule has 0 fully saturated rings. The number of nitrogens with zero attached hydrogens (tertiary/aromatic N) is 1. The highest BCUT2D eigenvalue weighted by Gasteiger charge is 2.03. The minimum Gasteiger partial charge on any atom is -0.432 e. The van der Waals surface area contributed by atoms with Crippen molar-refractivity contribution in [3.05, 3.63) is 41.2 Å². The molecule has 1 heterocycles. The van der Waals surface area contributed by atoms with Gasteiger partial charge < -0.3 is 15.5 Å². The van der Waals surface area contributed by atoms with Crippen LogP contribution >= 0.6 is 11.6 Å². The van der Waals surface area contributed by atoms with Crippen LogP contribution in [0.3, 0.4) is 0 Å². The first-order valence-corrected chi connectivity index (χ1v) is 5.33. The van der Waals surface area contributed by atoms with Gasteiger partial charge in [0.05, 0.1) is 5.69 Å². The van der Waals surface area contributed by atoms with E-state index in [9.17, 15) is 0 Å². The standard InChI is InChI=1S/C11H12ClN3O/c12-8-2-1-3-9(6-8)14-11-15-10(4-5-13)7-16-11/h1-3,6-7H,4-5,13H2,(H,14,15). The summed E-state index contributed by atoms with van der Waals surface area (Å²) in [7, 11) is 0. The molecule has 0 aliphatic heterocycles. The zero-order chi connectivity index (χ0) is 11.4. The highest BCUT2D eigenvalue weighted by molar-refractivity contribution is 6.30. The van der Waals surface area contributed by atoms with Crippen molar-refractivity contribution in [2.45, 2.75) is 6.42 Å². The molecule has 5 heteroatoms. The Morgan fingerprint density at radius 3 is 3.06 bits per heavy atom. The van der Waals surface area contributed by atoms with Gasteiger partial charge in [0.25, 0.3) is 6.01 Å². The van der Waals surface area contributed by atoms with Gasteiger partial charge in [-0.3, -0.25) is 0 Å². The Bertz CT molecular complexity index is 470. The molecule has 1 aromatic carbocycles. The molecule has 0 atom stereocenters. The summed E-state index contributed by atoms with van der Waals surface area (Å²) in [5.74, 6) is 0. The Balaban J connectivity index is 2.08. The predicted molar refractivity (Wildman–Crippen MR) is 64.0 cm³/mol. The number of aromatic nitrogens is 1. The number of benzene rings is 1. The van der Waals surface area contributed by atoms with Gasteiger partial charge in [-0.1, -0.05) is 17.7 Å². The Morgan fingerprint density at radius 1 is 1.44 bits per heavy atom. The van der Waals surface area contributed by atoms with Gasteiger partial charge in [0.2, 0.25) is 0 Å². The van der Waals surface area contributed by atoms with E-state index in [0.29, 0.717) is 24.0 Å². The summed E-state index contributed by atoms with van der Waals surface area (Å²) in [5.41, 5.74) is 7.10. The molecule has 2 aromatic rings. The molecule has 84 valence electrons. The molecule has 4 nitrogen and oxygen atoms in total. The van der Waals surface area contributed by atoms with Crippen LogP contribution in [0.2, 0.25) is 5.02 Å². The minimum absolute atomic E-state index is 0.450. The molecule has 0 saturated heterocycles. The van der Waals surface area contributed by atoms with E-state index in [4.69, 9.17) is 21.8 Å². The summed E-state index contributed by atoms with van der Waals surface area (Å²) < 4.78 is 5.24. The Labute approximate surface area is 98.4 Å². The lowest BCUT2D eigenvalue weighted by atomic mass is 10.3. The van der Waals surface area contributed by atoms with Gasteiger partial charge in [-0.15, -0.1) is 0 Å². The van der Waals surface area contributed by atoms with Crippen LogP contribution in [0.25, 0.3) is 0 Å². The van der Waals surface area contributed by atoms with E-state index in [1.807, 2.05) is 18.2 Å². The van der Waals surface area contributed by atoms with Gasteiger partial charge in [0, 0.05) is 17.1 Å². The summed E-state index contributed by atoms with van der Waals surface area (Å²) in [5, 5.41) is 3.69. The summed E-state index contributed by atoms with van der Waals surface area (Å²) in [6.45, 7) is 0.559. The van der Waals surface area contributed by atoms with Gasteiger partial charge >= 0.3 is 0 Å². The van der Waals surface area contributed by atoms with E-state index >= 15 is 0 Å². The number of halogens is 1. The molecule has 0 unspecified atom stereocenters. The third kappa shape index (κ3) is 2.74. The fraction of sp³-hybridized carbons (Fsp3) is 0.182. The number of nitrogens with two attached hydrogens (primary N) is 1. The van der Waals surface area contributed by atoms with Crippen LogP contribution in [0.1, 0.15) is 5.69 Å². The van der Waals surface area contributed by atoms with E-state index in [-0.39, 0.29) is 0 Å². The monoisotopic (exact) mass is 237 g/mol. The number of oxazole rings is 1. The first kappa shape index (κ1) is 11.0. The van der Waals surface area contributed by atoms with Gasteiger partial charge in [-0.25, -0.2) is 0 Å². The van der Waals surface area contributed by atoms with E-state index in [0.717, 1.165) is 11.4 Å². The smallest absolute Gasteiger partial charge is 0.299 e. The maximum absolute atomic E-state index is 5.86. The molecule has 16 heavy (non-hydrogen) atoms. The fourth-order valence-electron chi connectivity index (χ4n) is 1.32. The maximum Gasteiger partial charge on any atom is 0.299 e. The number of nitrogens with one attached hydrogen (secondary N) is 1. The molecule has 3 N–H and O–H groups in total. The molecule has 1 aromatic heterocycles. The Hall–Kier alpha value is -1.52. The average molecular weight is 238 g/mol. The minimum atomic E-state index is 0.450. The third-order valence-corrected chi connectivity index (χ3v) is 2.26. The van der Waals surface area contributed by atoms with Crippen LogP contribution in [0.15, 0.2) is 34.9 Å². The van der Waals surface area contributed by atoms with E-state index in [2.05, 4.69) is 10.3 Å². The van der Waals surface area contributed by atoms with Gasteiger partial charge in [0.15, 0.2) is 0 Å². The quantitative estimate of drug-likeness (QED) is 0.858. The predicted octanol–water partition coefficient (Wildman–Crippen LogP) is 2.57. The summed E-state index contributed by atoms with van der Waals surface area (Å²) in [6.07, 6.45) is 2.31. The second-order valence-corrected chi connectivity index (χ2v) is 3.75. The Kier molecular flexibility index (Phi) is 3.44. The van der Waals surface area contributed by atoms with Crippen molar-refractivity contribution < 1.29 is 4.42 Å². The fourth-order valence-corrected chi connectivity index (χ4v) is 1.51. The lowest BCUT2D eigenvalue weighted by molar-refractivity contribution is 0.575. The summed E-state index contributed by atoms with van der Waals surface area (Å²) >= 11 is 5.86. The number of hydrogen-bond donors (Lipinski definition) is 2. The van der Waals surface area contributed by atoms with Gasteiger partial charge in [-0.05, 0) is 24.7 Å². The van der Waals surface area contributed by atoms with Gasteiger partial charge in [0.1, 0.15) is 6.26 Å². The largest absolute Gasteiger partial charge is 0.432 e. The van der Waals surface area contributed by atoms with Crippen LogP contribution in [0.4, 0.5) is 11.7 Å². The highest BCUT2D eigenvalue weighted by atomic mass is 35.5. The van der Waals surface area contributed by atoms with E-state index in [1.165, 1.54) is 0 Å². The number of anilines is 2. The Morgan fingerprint density at radius 2 is 2.31 bits per heavy atom. The zero-order valence-electron chi connectivity index (χ0n) is 8.61. The molecule has 0 aliphatic rings. The van der Waals surface area contributed by atoms with Crippen molar-refractivity contribution in [1.29, 1.82) is 0 Å². The van der Waals surface area contributed by atoms with E-state index < -0.39 is 0 Å². The van der Waals surface area contributed by atoms with Crippen molar-refractivity contribution >= 4 is 23.3 Å². The van der Waals surface area contributed by atoms with Crippen LogP contribution in [-0.2, 0) is 6.42 Å². The van der Waals surface area contributed by atoms with Crippen molar-refractivity contribution in [3.8, 4) is 0 Å². The van der Waals surface area contributed by atoms with E-state index in [1.54, 1.807) is 12.3 Å². The highest BCUT2D eigenvalue weighted by Crippen LogP contribution is 2.19. The molecule has 0 aliphatic carbocycles. The molecular weight excluding hydrogens is 226 g/mol. The lowest BCUT2D eigenvalue weighted by Crippen LogP contribution is -2.02. The topological polar surface area (TPSA) is 64.1 Å². The van der Waals surface area contributed by atoms with Gasteiger partial charge in [-0.2, -0.15) is 4.98 Å². The summed E-state index contributed by atoms with van der Waals surface area (Å²) in [4.78, 5) is 4.22.